The molecule has 0 fully saturated rings. The van der Waals surface area contributed by atoms with Gasteiger partial charge < -0.3 is 9.05 Å². The molecule has 0 aliphatic heterocycles. The summed E-state index contributed by atoms with van der Waals surface area (Å²) in [6.07, 6.45) is -0.160. The average molecular weight is 350 g/mol. The van der Waals surface area contributed by atoms with Gasteiger partial charge in [-0.05, 0) is 32.4 Å². The van der Waals surface area contributed by atoms with E-state index < -0.39 is 27.9 Å². The van der Waals surface area contributed by atoms with E-state index in [0.717, 1.165) is 0 Å². The van der Waals surface area contributed by atoms with Crippen molar-refractivity contribution in [3.63, 3.8) is 0 Å². The van der Waals surface area contributed by atoms with Crippen molar-refractivity contribution in [3.05, 3.63) is 40.8 Å². The van der Waals surface area contributed by atoms with Crippen molar-refractivity contribution in [2.75, 3.05) is 13.2 Å². The summed E-state index contributed by atoms with van der Waals surface area (Å²) in [6, 6.07) is 7.41. The van der Waals surface area contributed by atoms with Gasteiger partial charge in [-0.3, -0.25) is 4.57 Å². The summed E-state index contributed by atoms with van der Waals surface area (Å²) in [5, 5.41) is 0. The smallest absolute Gasteiger partial charge is 0.304 e. The van der Waals surface area contributed by atoms with Crippen molar-refractivity contribution in [3.8, 4) is 0 Å². The van der Waals surface area contributed by atoms with Crippen molar-refractivity contribution in [1.82, 2.24) is 0 Å². The van der Waals surface area contributed by atoms with Crippen LogP contribution in [0.1, 0.15) is 27.2 Å². The lowest BCUT2D eigenvalue weighted by molar-refractivity contribution is 0.219. The molecule has 1 rings (SSSR count). The fourth-order valence-electron chi connectivity index (χ4n) is 1.83. The van der Waals surface area contributed by atoms with Gasteiger partial charge in [-0.2, -0.15) is 4.39 Å². The number of rotatable bonds is 8. The standard InChI is InChI=1S/C14H20FO5PS/c1-4-13(14(15)21(16,19-5-2)20-6-3)22(17,18)12-10-8-7-9-11-12/h7-11H,4-6H2,1-3H3/b14-13-. The molecular weight excluding hydrogens is 330 g/mol. The minimum absolute atomic E-state index is 0.0624. The predicted molar refractivity (Wildman–Crippen MR) is 82.9 cm³/mol. The van der Waals surface area contributed by atoms with E-state index in [1.807, 2.05) is 0 Å². The van der Waals surface area contributed by atoms with Gasteiger partial charge in [0, 0.05) is 0 Å². The second-order valence-electron chi connectivity index (χ2n) is 4.22. The molecule has 0 radical (unpaired) electrons. The van der Waals surface area contributed by atoms with Gasteiger partial charge in [-0.25, -0.2) is 8.42 Å². The van der Waals surface area contributed by atoms with E-state index >= 15 is 0 Å². The van der Waals surface area contributed by atoms with Crippen LogP contribution in [0.3, 0.4) is 0 Å². The SMILES string of the molecule is CCOP(=O)(OCC)/C(F)=C(/CC)S(=O)(=O)c1ccccc1. The first-order chi connectivity index (χ1) is 10.3. The van der Waals surface area contributed by atoms with Gasteiger partial charge in [0.25, 0.3) is 0 Å². The lowest BCUT2D eigenvalue weighted by Crippen LogP contribution is -2.08. The van der Waals surface area contributed by atoms with Crippen LogP contribution in [0.15, 0.2) is 45.7 Å². The molecule has 0 bridgehead atoms. The Kier molecular flexibility index (Phi) is 6.94. The number of allylic oxidation sites excluding steroid dienone is 1. The molecule has 0 unspecified atom stereocenters. The zero-order valence-corrected chi connectivity index (χ0v) is 14.5. The number of hydrogen-bond acceptors (Lipinski definition) is 5. The summed E-state index contributed by atoms with van der Waals surface area (Å²) < 4.78 is 61.9. The molecule has 1 aromatic carbocycles. The molecule has 0 heterocycles. The second kappa shape index (κ2) is 8.02. The Morgan fingerprint density at radius 2 is 1.59 bits per heavy atom. The Labute approximate surface area is 130 Å². The first-order valence-electron chi connectivity index (χ1n) is 6.91. The van der Waals surface area contributed by atoms with Gasteiger partial charge in [0.05, 0.1) is 23.0 Å². The Balaban J connectivity index is 3.47. The maximum atomic E-state index is 14.7. The molecule has 0 aliphatic rings. The van der Waals surface area contributed by atoms with Gasteiger partial charge in [0.15, 0.2) is 0 Å². The predicted octanol–water partition coefficient (Wildman–Crippen LogP) is 4.28. The Morgan fingerprint density at radius 1 is 1.09 bits per heavy atom. The molecular formula is C14H20FO5PS. The van der Waals surface area contributed by atoms with E-state index in [4.69, 9.17) is 9.05 Å². The largest absolute Gasteiger partial charge is 0.390 e. The molecule has 22 heavy (non-hydrogen) atoms. The number of sulfone groups is 1. The van der Waals surface area contributed by atoms with Crippen LogP contribution in [0.2, 0.25) is 0 Å². The lowest BCUT2D eigenvalue weighted by atomic mass is 10.4. The third-order valence-corrected chi connectivity index (χ3v) is 6.88. The number of halogens is 1. The van der Waals surface area contributed by atoms with Crippen LogP contribution < -0.4 is 0 Å². The van der Waals surface area contributed by atoms with Crippen molar-refractivity contribution in [2.45, 2.75) is 32.1 Å². The molecule has 0 aliphatic carbocycles. The summed E-state index contributed by atoms with van der Waals surface area (Å²) in [4.78, 5) is -0.648. The molecule has 1 aromatic rings. The molecule has 0 saturated heterocycles. The van der Waals surface area contributed by atoms with Crippen LogP contribution in [0.25, 0.3) is 0 Å². The molecule has 0 spiro atoms. The Hall–Kier alpha value is -1.01. The van der Waals surface area contributed by atoms with E-state index in [9.17, 15) is 17.4 Å². The first-order valence-corrected chi connectivity index (χ1v) is 9.94. The van der Waals surface area contributed by atoms with E-state index in [-0.39, 0.29) is 24.5 Å². The molecule has 0 aromatic heterocycles. The third kappa shape index (κ3) is 4.04. The zero-order chi connectivity index (χ0) is 16.8. The highest BCUT2D eigenvalue weighted by atomic mass is 32.2. The Bertz CT molecular complexity index is 660. The summed E-state index contributed by atoms with van der Waals surface area (Å²) in [5.41, 5.74) is -1.34. The monoisotopic (exact) mass is 350 g/mol. The fourth-order valence-corrected chi connectivity index (χ4v) is 5.37. The van der Waals surface area contributed by atoms with E-state index in [1.165, 1.54) is 45.0 Å². The van der Waals surface area contributed by atoms with Crippen LogP contribution >= 0.6 is 7.60 Å². The van der Waals surface area contributed by atoms with Gasteiger partial charge in [0.1, 0.15) is 0 Å². The number of hydrogen-bond donors (Lipinski definition) is 0. The zero-order valence-electron chi connectivity index (χ0n) is 12.8. The number of benzene rings is 1. The minimum atomic E-state index is -4.27. The first kappa shape index (κ1) is 19.0. The normalized spacial score (nSPS) is 13.8. The quantitative estimate of drug-likeness (QED) is 0.655. The molecule has 8 heteroatoms. The summed E-state index contributed by atoms with van der Waals surface area (Å²) in [7, 11) is -8.36. The molecule has 0 atom stereocenters. The molecule has 5 nitrogen and oxygen atoms in total. The van der Waals surface area contributed by atoms with Gasteiger partial charge in [0.2, 0.25) is 15.4 Å². The summed E-state index contributed by atoms with van der Waals surface area (Å²) >= 11 is 0. The van der Waals surface area contributed by atoms with E-state index in [0.29, 0.717) is 0 Å². The minimum Gasteiger partial charge on any atom is -0.304 e. The van der Waals surface area contributed by atoms with Crippen molar-refractivity contribution in [1.29, 1.82) is 0 Å². The van der Waals surface area contributed by atoms with Crippen molar-refractivity contribution in [2.24, 2.45) is 0 Å². The average Bonchev–Trinajstić information content (AvgIpc) is 2.49. The van der Waals surface area contributed by atoms with Crippen LogP contribution in [-0.2, 0) is 23.4 Å². The van der Waals surface area contributed by atoms with Crippen LogP contribution in [0, 0.1) is 0 Å². The van der Waals surface area contributed by atoms with Gasteiger partial charge in [-0.15, -0.1) is 0 Å². The van der Waals surface area contributed by atoms with Gasteiger partial charge in [-0.1, -0.05) is 25.1 Å². The maximum Gasteiger partial charge on any atom is 0.390 e. The lowest BCUT2D eigenvalue weighted by Gasteiger charge is -2.17. The molecule has 0 N–H and O–H groups in total. The van der Waals surface area contributed by atoms with Crippen molar-refractivity contribution < 1.29 is 26.4 Å². The van der Waals surface area contributed by atoms with E-state index in [2.05, 4.69) is 0 Å². The van der Waals surface area contributed by atoms with Crippen LogP contribution in [0.4, 0.5) is 4.39 Å². The third-order valence-electron chi connectivity index (χ3n) is 2.77. The Morgan fingerprint density at radius 3 is 2.00 bits per heavy atom. The fraction of sp³-hybridized carbons (Fsp3) is 0.429. The van der Waals surface area contributed by atoms with Crippen LogP contribution in [-0.4, -0.2) is 21.6 Å². The van der Waals surface area contributed by atoms with Crippen LogP contribution in [0.5, 0.6) is 0 Å². The molecule has 124 valence electrons. The highest BCUT2D eigenvalue weighted by Gasteiger charge is 2.37. The topological polar surface area (TPSA) is 69.7 Å². The highest BCUT2D eigenvalue weighted by molar-refractivity contribution is 7.95. The highest BCUT2D eigenvalue weighted by Crippen LogP contribution is 2.58. The summed E-state index contributed by atoms with van der Waals surface area (Å²) in [6.45, 7) is 4.39. The summed E-state index contributed by atoms with van der Waals surface area (Å²) in [5.74, 6) is 0. The molecule has 0 saturated carbocycles. The van der Waals surface area contributed by atoms with Crippen molar-refractivity contribution >= 4 is 17.4 Å². The maximum absolute atomic E-state index is 14.7. The van der Waals surface area contributed by atoms with E-state index in [1.54, 1.807) is 6.07 Å². The second-order valence-corrected chi connectivity index (χ2v) is 8.09. The van der Waals surface area contributed by atoms with Gasteiger partial charge >= 0.3 is 7.60 Å². The molecule has 0 amide bonds.